The highest BCUT2D eigenvalue weighted by Gasteiger charge is 2.54. The molecule has 0 saturated carbocycles. The van der Waals surface area contributed by atoms with Crippen LogP contribution in [0.1, 0.15) is 16.8 Å². The maximum atomic E-state index is 11.1. The lowest BCUT2D eigenvalue weighted by molar-refractivity contribution is -0.149. The summed E-state index contributed by atoms with van der Waals surface area (Å²) in [5.74, 6) is -0.220. The van der Waals surface area contributed by atoms with Crippen molar-refractivity contribution in [1.82, 2.24) is 4.98 Å². The third kappa shape index (κ3) is 1.37. The quantitative estimate of drug-likeness (QED) is 0.511. The monoisotopic (exact) mass is 247 g/mol. The number of rotatable bonds is 1. The maximum Gasteiger partial charge on any atom is 0.389 e. The number of pyridine rings is 1. The zero-order chi connectivity index (χ0) is 12.1. The predicted molar refractivity (Wildman–Crippen MR) is 51.4 cm³/mol. The molecule has 16 heavy (non-hydrogen) atoms. The van der Waals surface area contributed by atoms with Crippen molar-refractivity contribution in [3.63, 3.8) is 0 Å². The van der Waals surface area contributed by atoms with Gasteiger partial charge in [-0.1, -0.05) is 0 Å². The number of fused-ring (bicyclic) bond motifs is 1. The highest BCUT2D eigenvalue weighted by molar-refractivity contribution is 7.52. The molecular weight excluding hydrogens is 237 g/mol. The van der Waals surface area contributed by atoms with Crippen molar-refractivity contribution in [3.05, 3.63) is 23.0 Å². The van der Waals surface area contributed by atoms with Crippen molar-refractivity contribution in [2.24, 2.45) is 0 Å². The minimum Gasteiger partial charge on any atom is -0.506 e. The van der Waals surface area contributed by atoms with E-state index in [0.29, 0.717) is 5.69 Å². The van der Waals surface area contributed by atoms with E-state index in [1.54, 1.807) is 0 Å². The van der Waals surface area contributed by atoms with Gasteiger partial charge in [0.2, 0.25) is 0 Å². The van der Waals surface area contributed by atoms with Crippen LogP contribution in [0.25, 0.3) is 0 Å². The Bertz CT molecular complexity index is 498. The summed E-state index contributed by atoms with van der Waals surface area (Å²) in [7, 11) is -4.91. The first kappa shape index (κ1) is 11.5. The van der Waals surface area contributed by atoms with Gasteiger partial charge in [0.15, 0.2) is 0 Å². The third-order valence-corrected chi connectivity index (χ3v) is 3.66. The number of aromatic nitrogens is 1. The molecule has 1 atom stereocenters. The smallest absolute Gasteiger partial charge is 0.389 e. The molecule has 0 fully saturated rings. The highest BCUT2D eigenvalue weighted by Crippen LogP contribution is 2.60. The Morgan fingerprint density at radius 2 is 2.19 bits per heavy atom. The molecule has 1 aromatic heterocycles. The van der Waals surface area contributed by atoms with E-state index in [9.17, 15) is 14.8 Å². The lowest BCUT2D eigenvalue weighted by Crippen LogP contribution is -2.24. The summed E-state index contributed by atoms with van der Waals surface area (Å²) < 4.78 is 15.8. The van der Waals surface area contributed by atoms with E-state index in [1.165, 1.54) is 6.92 Å². The van der Waals surface area contributed by atoms with Crippen LogP contribution in [0.3, 0.4) is 0 Å². The van der Waals surface area contributed by atoms with Gasteiger partial charge in [-0.05, 0) is 6.92 Å². The molecule has 1 aromatic rings. The van der Waals surface area contributed by atoms with E-state index in [4.69, 9.17) is 14.5 Å². The van der Waals surface area contributed by atoms with Gasteiger partial charge >= 0.3 is 7.60 Å². The van der Waals surface area contributed by atoms with Crippen molar-refractivity contribution in [1.29, 1.82) is 0 Å². The van der Waals surface area contributed by atoms with Crippen LogP contribution in [0.5, 0.6) is 5.75 Å². The molecule has 1 aliphatic heterocycles. The molecule has 2 rings (SSSR count). The molecule has 0 spiro atoms. The lowest BCUT2D eigenvalue weighted by atomic mass is 10.1. The number of aliphatic hydroxyl groups is 1. The summed E-state index contributed by atoms with van der Waals surface area (Å²) in [6, 6.07) is 0. The standard InChI is InChI=1S/C8H10NO6P/c1-4-7(10)5-3-15-8(11,16(12,13)14)6(5)2-9-4/h2,10-11H,3H2,1H3,(H2,12,13,14). The minimum absolute atomic E-state index is 0.151. The van der Waals surface area contributed by atoms with Crippen molar-refractivity contribution in [3.8, 4) is 5.75 Å². The van der Waals surface area contributed by atoms with Gasteiger partial charge in [0, 0.05) is 11.8 Å². The molecule has 0 saturated heterocycles. The molecule has 7 nitrogen and oxygen atoms in total. The van der Waals surface area contributed by atoms with Gasteiger partial charge in [-0.25, -0.2) is 0 Å². The predicted octanol–water partition coefficient (Wildman–Crippen LogP) is -0.0939. The fourth-order valence-electron chi connectivity index (χ4n) is 1.56. The summed E-state index contributed by atoms with van der Waals surface area (Å²) in [6.07, 6.45) is 1.09. The van der Waals surface area contributed by atoms with Gasteiger partial charge in [-0.15, -0.1) is 0 Å². The van der Waals surface area contributed by atoms with Crippen molar-refractivity contribution in [2.75, 3.05) is 0 Å². The topological polar surface area (TPSA) is 120 Å². The molecule has 2 heterocycles. The van der Waals surface area contributed by atoms with Crippen LogP contribution >= 0.6 is 7.60 Å². The molecule has 1 unspecified atom stereocenters. The molecule has 8 heteroatoms. The number of ether oxygens (including phenoxy) is 1. The number of nitrogens with zero attached hydrogens (tertiary/aromatic N) is 1. The van der Waals surface area contributed by atoms with E-state index in [0.717, 1.165) is 6.20 Å². The molecule has 0 aliphatic carbocycles. The third-order valence-electron chi connectivity index (χ3n) is 2.50. The summed E-state index contributed by atoms with van der Waals surface area (Å²) >= 11 is 0. The highest BCUT2D eigenvalue weighted by atomic mass is 31.2. The van der Waals surface area contributed by atoms with Crippen LogP contribution in [0, 0.1) is 6.92 Å². The lowest BCUT2D eigenvalue weighted by Gasteiger charge is -2.23. The number of aromatic hydroxyl groups is 1. The molecule has 0 amide bonds. The van der Waals surface area contributed by atoms with E-state index in [-0.39, 0.29) is 23.5 Å². The molecule has 1 aliphatic rings. The van der Waals surface area contributed by atoms with Crippen LogP contribution in [0.15, 0.2) is 6.20 Å². The molecule has 0 aromatic carbocycles. The van der Waals surface area contributed by atoms with Gasteiger partial charge in [0.25, 0.3) is 5.53 Å². The zero-order valence-electron chi connectivity index (χ0n) is 8.28. The number of hydrogen-bond donors (Lipinski definition) is 4. The zero-order valence-corrected chi connectivity index (χ0v) is 9.18. The van der Waals surface area contributed by atoms with Gasteiger partial charge in [0.1, 0.15) is 5.75 Å². The number of aryl methyl sites for hydroxylation is 1. The first-order valence-corrected chi connectivity index (χ1v) is 5.98. The average Bonchev–Trinajstić information content (AvgIpc) is 2.51. The van der Waals surface area contributed by atoms with Crippen LogP contribution in [-0.2, 0) is 21.4 Å². The Balaban J connectivity index is 2.66. The Morgan fingerprint density at radius 3 is 2.75 bits per heavy atom. The molecule has 4 N–H and O–H groups in total. The van der Waals surface area contributed by atoms with Crippen LogP contribution in [0.2, 0.25) is 0 Å². The van der Waals surface area contributed by atoms with Gasteiger partial charge in [-0.3, -0.25) is 9.55 Å². The minimum atomic E-state index is -4.91. The van der Waals surface area contributed by atoms with E-state index < -0.39 is 13.1 Å². The van der Waals surface area contributed by atoms with E-state index in [2.05, 4.69) is 4.98 Å². The second kappa shape index (κ2) is 3.26. The van der Waals surface area contributed by atoms with Gasteiger partial charge in [-0.2, -0.15) is 0 Å². The van der Waals surface area contributed by atoms with Crippen LogP contribution < -0.4 is 0 Å². The van der Waals surface area contributed by atoms with E-state index >= 15 is 0 Å². The first-order chi connectivity index (χ1) is 7.27. The summed E-state index contributed by atoms with van der Waals surface area (Å²) in [5, 5.41) is 19.4. The summed E-state index contributed by atoms with van der Waals surface area (Å²) in [6.45, 7) is 1.26. The van der Waals surface area contributed by atoms with E-state index in [1.807, 2.05) is 0 Å². The first-order valence-electron chi connectivity index (χ1n) is 4.37. The van der Waals surface area contributed by atoms with Crippen molar-refractivity contribution >= 4 is 7.60 Å². The van der Waals surface area contributed by atoms with Gasteiger partial charge < -0.3 is 24.7 Å². The Labute approximate surface area is 90.5 Å². The Morgan fingerprint density at radius 1 is 1.56 bits per heavy atom. The SMILES string of the molecule is Cc1ncc2c(c1O)COC2(O)P(=O)(O)O. The Hall–Kier alpha value is -0.980. The number of hydrogen-bond acceptors (Lipinski definition) is 5. The van der Waals surface area contributed by atoms with Crippen LogP contribution in [-0.4, -0.2) is 25.0 Å². The second-order valence-electron chi connectivity index (χ2n) is 3.53. The molecule has 88 valence electrons. The van der Waals surface area contributed by atoms with Crippen molar-refractivity contribution < 1.29 is 29.3 Å². The van der Waals surface area contributed by atoms with Gasteiger partial charge in [0.05, 0.1) is 17.9 Å². The summed E-state index contributed by atoms with van der Waals surface area (Å²) in [4.78, 5) is 21.7. The summed E-state index contributed by atoms with van der Waals surface area (Å²) in [5.41, 5.74) is -2.44. The van der Waals surface area contributed by atoms with Crippen LogP contribution in [0.4, 0.5) is 0 Å². The molecule has 0 bridgehead atoms. The fourth-order valence-corrected chi connectivity index (χ4v) is 2.30. The maximum absolute atomic E-state index is 11.1. The van der Waals surface area contributed by atoms with Crippen molar-refractivity contribution in [2.45, 2.75) is 19.1 Å². The largest absolute Gasteiger partial charge is 0.506 e. The fraction of sp³-hybridized carbons (Fsp3) is 0.375. The average molecular weight is 247 g/mol. The normalized spacial score (nSPS) is 24.5. The molecular formula is C8H10NO6P. The Kier molecular flexibility index (Phi) is 2.34. The second-order valence-corrected chi connectivity index (χ2v) is 5.22. The molecule has 0 radical (unpaired) electrons.